The molecule has 1 aliphatic rings. The largest absolute Gasteiger partial charge is 0.505 e. The van der Waals surface area contributed by atoms with Gasteiger partial charge in [0, 0.05) is 6.21 Å². The molecule has 0 aliphatic carbocycles. The molecule has 0 amide bonds. The van der Waals surface area contributed by atoms with E-state index in [2.05, 4.69) is 4.99 Å². The molecular formula is C14H9ClN2O5. The molecule has 2 aromatic rings. The van der Waals surface area contributed by atoms with Crippen molar-refractivity contribution in [1.29, 1.82) is 0 Å². The monoisotopic (exact) mass is 320 g/mol. The fourth-order valence-corrected chi connectivity index (χ4v) is 2.15. The van der Waals surface area contributed by atoms with Crippen LogP contribution in [0.1, 0.15) is 5.56 Å². The molecule has 8 heteroatoms. The fourth-order valence-electron chi connectivity index (χ4n) is 1.92. The lowest BCUT2D eigenvalue weighted by Gasteiger charge is -2.01. The minimum absolute atomic E-state index is 0.0966. The van der Waals surface area contributed by atoms with Gasteiger partial charge in [0.1, 0.15) is 16.5 Å². The smallest absolute Gasteiger partial charge is 0.291 e. The highest BCUT2D eigenvalue weighted by atomic mass is 35.5. The standard InChI is InChI=1S/C14H9ClN2O5/c15-9-4-10(12(18)5-11(9)17(19)20)16-6-8-1-2-13-14(3-8)22-7-21-13/h1-6,18H,7H2. The van der Waals surface area contributed by atoms with E-state index in [1.807, 2.05) is 0 Å². The average molecular weight is 321 g/mol. The highest BCUT2D eigenvalue weighted by Crippen LogP contribution is 2.37. The highest BCUT2D eigenvalue weighted by Gasteiger charge is 2.16. The number of halogens is 1. The number of rotatable bonds is 3. The molecule has 3 rings (SSSR count). The number of hydrogen-bond donors (Lipinski definition) is 1. The Balaban J connectivity index is 1.89. The zero-order chi connectivity index (χ0) is 15.7. The molecular weight excluding hydrogens is 312 g/mol. The molecule has 1 N–H and O–H groups in total. The van der Waals surface area contributed by atoms with Gasteiger partial charge in [-0.1, -0.05) is 11.6 Å². The van der Waals surface area contributed by atoms with E-state index in [0.717, 1.165) is 11.6 Å². The molecule has 0 bridgehead atoms. The van der Waals surface area contributed by atoms with Gasteiger partial charge < -0.3 is 14.6 Å². The second-order valence-electron chi connectivity index (χ2n) is 4.42. The summed E-state index contributed by atoms with van der Waals surface area (Å²) in [6.45, 7) is 0.175. The Hall–Kier alpha value is -2.80. The van der Waals surface area contributed by atoms with Crippen molar-refractivity contribution in [2.45, 2.75) is 0 Å². The number of ether oxygens (including phenoxy) is 2. The van der Waals surface area contributed by atoms with Crippen LogP contribution in [-0.2, 0) is 0 Å². The van der Waals surface area contributed by atoms with Crippen LogP contribution in [0.15, 0.2) is 35.3 Å². The van der Waals surface area contributed by atoms with E-state index in [0.29, 0.717) is 11.5 Å². The van der Waals surface area contributed by atoms with E-state index in [1.54, 1.807) is 18.2 Å². The molecule has 0 radical (unpaired) electrons. The molecule has 22 heavy (non-hydrogen) atoms. The lowest BCUT2D eigenvalue weighted by molar-refractivity contribution is -0.384. The van der Waals surface area contributed by atoms with Crippen LogP contribution in [0.3, 0.4) is 0 Å². The van der Waals surface area contributed by atoms with E-state index < -0.39 is 4.92 Å². The van der Waals surface area contributed by atoms with Crippen molar-refractivity contribution in [3.05, 3.63) is 51.0 Å². The normalized spacial score (nSPS) is 12.8. The second-order valence-corrected chi connectivity index (χ2v) is 4.83. The number of phenols is 1. The van der Waals surface area contributed by atoms with E-state index in [1.165, 1.54) is 12.3 Å². The Labute approximate surface area is 129 Å². The third-order valence-corrected chi connectivity index (χ3v) is 3.29. The number of benzene rings is 2. The Kier molecular flexibility index (Phi) is 3.56. The summed E-state index contributed by atoms with van der Waals surface area (Å²) in [5, 5.41) is 20.4. The van der Waals surface area contributed by atoms with Crippen molar-refractivity contribution in [2.75, 3.05) is 6.79 Å². The molecule has 2 aromatic carbocycles. The molecule has 0 spiro atoms. The predicted octanol–water partition coefficient (Wildman–Crippen LogP) is 3.43. The quantitative estimate of drug-likeness (QED) is 0.531. The van der Waals surface area contributed by atoms with Gasteiger partial charge in [-0.05, 0) is 29.8 Å². The SMILES string of the molecule is O=[N+]([O-])c1cc(O)c(N=Cc2ccc3c(c2)OCO3)cc1Cl. The fraction of sp³-hybridized carbons (Fsp3) is 0.0714. The van der Waals surface area contributed by atoms with Crippen LogP contribution in [0.25, 0.3) is 0 Å². The highest BCUT2D eigenvalue weighted by molar-refractivity contribution is 6.33. The molecule has 0 aromatic heterocycles. The molecule has 0 saturated carbocycles. The van der Waals surface area contributed by atoms with Gasteiger partial charge in [-0.25, -0.2) is 0 Å². The first-order valence-electron chi connectivity index (χ1n) is 6.15. The van der Waals surface area contributed by atoms with Crippen molar-refractivity contribution < 1.29 is 19.5 Å². The first kappa shape index (κ1) is 14.2. The first-order valence-corrected chi connectivity index (χ1v) is 6.53. The van der Waals surface area contributed by atoms with Crippen LogP contribution in [0.4, 0.5) is 11.4 Å². The van der Waals surface area contributed by atoms with Crippen molar-refractivity contribution in [1.82, 2.24) is 0 Å². The van der Waals surface area contributed by atoms with Gasteiger partial charge >= 0.3 is 0 Å². The Morgan fingerprint density at radius 2 is 2.05 bits per heavy atom. The van der Waals surface area contributed by atoms with E-state index >= 15 is 0 Å². The van der Waals surface area contributed by atoms with Crippen molar-refractivity contribution in [3.63, 3.8) is 0 Å². The van der Waals surface area contributed by atoms with Gasteiger partial charge in [-0.15, -0.1) is 0 Å². The number of phenolic OH excluding ortho intramolecular Hbond substituents is 1. The summed E-state index contributed by atoms with van der Waals surface area (Å²) in [5.74, 6) is 0.932. The zero-order valence-corrected chi connectivity index (χ0v) is 11.8. The summed E-state index contributed by atoms with van der Waals surface area (Å²) in [7, 11) is 0. The second kappa shape index (κ2) is 5.53. The molecule has 0 fully saturated rings. The topological polar surface area (TPSA) is 94.2 Å². The number of aromatic hydroxyl groups is 1. The lowest BCUT2D eigenvalue weighted by Crippen LogP contribution is -1.92. The maximum absolute atomic E-state index is 10.7. The van der Waals surface area contributed by atoms with E-state index in [-0.39, 0.29) is 28.9 Å². The van der Waals surface area contributed by atoms with Gasteiger partial charge in [0.2, 0.25) is 6.79 Å². The van der Waals surface area contributed by atoms with Crippen LogP contribution in [0.5, 0.6) is 17.2 Å². The van der Waals surface area contributed by atoms with Gasteiger partial charge in [0.05, 0.1) is 11.0 Å². The summed E-state index contributed by atoms with van der Waals surface area (Å²) in [5.41, 5.74) is 0.479. The van der Waals surface area contributed by atoms with Gasteiger partial charge in [-0.2, -0.15) is 0 Å². The molecule has 7 nitrogen and oxygen atoms in total. The predicted molar refractivity (Wildman–Crippen MR) is 79.6 cm³/mol. The van der Waals surface area contributed by atoms with Crippen LogP contribution >= 0.6 is 11.6 Å². The Bertz CT molecular complexity index is 791. The Morgan fingerprint density at radius 3 is 2.82 bits per heavy atom. The molecule has 0 atom stereocenters. The van der Waals surface area contributed by atoms with Crippen molar-refractivity contribution >= 4 is 29.2 Å². The molecule has 0 unspecified atom stereocenters. The first-order chi connectivity index (χ1) is 10.5. The van der Waals surface area contributed by atoms with Crippen LogP contribution < -0.4 is 9.47 Å². The zero-order valence-electron chi connectivity index (χ0n) is 11.0. The van der Waals surface area contributed by atoms with Crippen LogP contribution in [0, 0.1) is 10.1 Å². The maximum atomic E-state index is 10.7. The van der Waals surface area contributed by atoms with Crippen LogP contribution in [0.2, 0.25) is 5.02 Å². The van der Waals surface area contributed by atoms with E-state index in [9.17, 15) is 15.2 Å². The molecule has 1 aliphatic heterocycles. The average Bonchev–Trinajstić information content (AvgIpc) is 2.95. The minimum Gasteiger partial charge on any atom is -0.505 e. The minimum atomic E-state index is -0.673. The lowest BCUT2D eigenvalue weighted by atomic mass is 10.2. The summed E-state index contributed by atoms with van der Waals surface area (Å²) in [6, 6.07) is 7.44. The summed E-state index contributed by atoms with van der Waals surface area (Å²) in [4.78, 5) is 14.1. The van der Waals surface area contributed by atoms with E-state index in [4.69, 9.17) is 21.1 Å². The number of aliphatic imine (C=N–C) groups is 1. The van der Waals surface area contributed by atoms with Crippen molar-refractivity contribution in [2.24, 2.45) is 4.99 Å². The van der Waals surface area contributed by atoms with Gasteiger partial charge in [-0.3, -0.25) is 15.1 Å². The van der Waals surface area contributed by atoms with Crippen LogP contribution in [-0.4, -0.2) is 23.0 Å². The van der Waals surface area contributed by atoms with Gasteiger partial charge in [0.15, 0.2) is 11.5 Å². The number of hydrogen-bond acceptors (Lipinski definition) is 6. The third kappa shape index (κ3) is 2.66. The maximum Gasteiger partial charge on any atom is 0.291 e. The number of fused-ring (bicyclic) bond motifs is 1. The van der Waals surface area contributed by atoms with Crippen molar-refractivity contribution in [3.8, 4) is 17.2 Å². The summed E-state index contributed by atoms with van der Waals surface area (Å²) < 4.78 is 10.4. The van der Waals surface area contributed by atoms with Gasteiger partial charge in [0.25, 0.3) is 5.69 Å². The summed E-state index contributed by atoms with van der Waals surface area (Å²) in [6.07, 6.45) is 1.49. The number of nitrogens with zero attached hydrogens (tertiary/aromatic N) is 2. The number of nitro groups is 1. The molecule has 1 heterocycles. The molecule has 112 valence electrons. The summed E-state index contributed by atoms with van der Waals surface area (Å²) >= 11 is 5.79. The Morgan fingerprint density at radius 1 is 1.27 bits per heavy atom. The number of nitro benzene ring substituents is 1. The molecule has 0 saturated heterocycles. The third-order valence-electron chi connectivity index (χ3n) is 2.99.